The molecule has 1 N–H and O–H groups in total. The van der Waals surface area contributed by atoms with E-state index in [0.29, 0.717) is 22.4 Å². The van der Waals surface area contributed by atoms with Crippen LogP contribution in [0.3, 0.4) is 0 Å². The highest BCUT2D eigenvalue weighted by atomic mass is 35.5. The van der Waals surface area contributed by atoms with E-state index in [0.717, 1.165) is 19.5 Å². The Hall–Kier alpha value is -0.740. The maximum atomic E-state index is 6.07. The number of thiophene rings is 1. The van der Waals surface area contributed by atoms with Crippen molar-refractivity contribution in [1.82, 2.24) is 5.32 Å². The molecule has 1 aromatic carbocycles. The zero-order valence-corrected chi connectivity index (χ0v) is 13.6. The Morgan fingerprint density at radius 2 is 1.95 bits per heavy atom. The summed E-state index contributed by atoms with van der Waals surface area (Å²) in [7, 11) is 0. The molecule has 0 aliphatic carbocycles. The van der Waals surface area contributed by atoms with Gasteiger partial charge in [0.05, 0.1) is 5.02 Å². The summed E-state index contributed by atoms with van der Waals surface area (Å²) < 4.78 is 5.72. The normalized spacial score (nSPS) is 10.8. The number of benzene rings is 1. The van der Waals surface area contributed by atoms with Crippen LogP contribution in [0.5, 0.6) is 5.75 Å². The number of nitrogens with one attached hydrogen (secondary N) is 1. The molecule has 0 saturated carbocycles. The zero-order valence-electron chi connectivity index (χ0n) is 11.3. The lowest BCUT2D eigenvalue weighted by atomic mass is 10.3. The van der Waals surface area contributed by atoms with Crippen LogP contribution < -0.4 is 10.1 Å². The highest BCUT2D eigenvalue weighted by molar-refractivity contribution is 7.11. The standard InChI is InChI=1S/C15H17Cl2NOS/c1-2-7-18-9-12-4-5-13(20-12)10-19-15-6-3-11(16)8-14(15)17/h3-6,8,18H,2,7,9-10H2,1H3. The van der Waals surface area contributed by atoms with E-state index in [2.05, 4.69) is 24.4 Å². The second-order valence-corrected chi connectivity index (χ2v) is 6.50. The number of halogens is 2. The minimum absolute atomic E-state index is 0.528. The molecule has 1 heterocycles. The van der Waals surface area contributed by atoms with Crippen LogP contribution in [0.1, 0.15) is 23.1 Å². The van der Waals surface area contributed by atoms with Crippen LogP contribution >= 0.6 is 34.5 Å². The van der Waals surface area contributed by atoms with Crippen molar-refractivity contribution in [2.24, 2.45) is 0 Å². The second kappa shape index (κ2) is 7.89. The van der Waals surface area contributed by atoms with Gasteiger partial charge in [0.1, 0.15) is 12.4 Å². The molecule has 0 saturated heterocycles. The number of rotatable bonds is 7. The predicted octanol–water partition coefficient (Wildman–Crippen LogP) is 5.13. The van der Waals surface area contributed by atoms with Crippen LogP contribution in [-0.4, -0.2) is 6.54 Å². The van der Waals surface area contributed by atoms with Crippen LogP contribution in [0.2, 0.25) is 10.0 Å². The molecule has 0 aliphatic rings. The Bertz CT molecular complexity index is 557. The van der Waals surface area contributed by atoms with Crippen molar-refractivity contribution in [3.05, 3.63) is 50.1 Å². The van der Waals surface area contributed by atoms with E-state index in [1.807, 2.05) is 0 Å². The first-order valence-corrected chi connectivity index (χ1v) is 8.12. The van der Waals surface area contributed by atoms with Gasteiger partial charge in [0, 0.05) is 21.3 Å². The average molecular weight is 330 g/mol. The van der Waals surface area contributed by atoms with Gasteiger partial charge in [0.25, 0.3) is 0 Å². The van der Waals surface area contributed by atoms with Crippen molar-refractivity contribution < 1.29 is 4.74 Å². The smallest absolute Gasteiger partial charge is 0.138 e. The van der Waals surface area contributed by atoms with Gasteiger partial charge >= 0.3 is 0 Å². The first kappa shape index (κ1) is 15.6. The quantitative estimate of drug-likeness (QED) is 0.710. The van der Waals surface area contributed by atoms with Gasteiger partial charge in [-0.3, -0.25) is 0 Å². The van der Waals surface area contributed by atoms with E-state index >= 15 is 0 Å². The molecule has 2 nitrogen and oxygen atoms in total. The third-order valence-corrected chi connectivity index (χ3v) is 4.30. The van der Waals surface area contributed by atoms with Gasteiger partial charge in [-0.05, 0) is 43.3 Å². The summed E-state index contributed by atoms with van der Waals surface area (Å²) >= 11 is 13.7. The summed E-state index contributed by atoms with van der Waals surface area (Å²) in [6, 6.07) is 9.49. The van der Waals surface area contributed by atoms with E-state index in [9.17, 15) is 0 Å². The fraction of sp³-hybridized carbons (Fsp3) is 0.333. The van der Waals surface area contributed by atoms with Crippen LogP contribution in [0.4, 0.5) is 0 Å². The molecular formula is C15H17Cl2NOS. The molecule has 0 fully saturated rings. The fourth-order valence-electron chi connectivity index (χ4n) is 1.72. The molecule has 5 heteroatoms. The first-order chi connectivity index (χ1) is 9.69. The van der Waals surface area contributed by atoms with E-state index in [1.54, 1.807) is 29.5 Å². The Kier molecular flexibility index (Phi) is 6.17. The topological polar surface area (TPSA) is 21.3 Å². The molecule has 2 rings (SSSR count). The summed E-state index contributed by atoms with van der Waals surface area (Å²) in [5, 5.41) is 4.54. The zero-order chi connectivity index (χ0) is 14.4. The molecular weight excluding hydrogens is 313 g/mol. The summed E-state index contributed by atoms with van der Waals surface area (Å²) in [6.07, 6.45) is 1.15. The second-order valence-electron chi connectivity index (χ2n) is 4.41. The van der Waals surface area contributed by atoms with Crippen LogP contribution in [0, 0.1) is 0 Å². The lowest BCUT2D eigenvalue weighted by Gasteiger charge is -2.06. The average Bonchev–Trinajstić information content (AvgIpc) is 2.86. The molecule has 0 atom stereocenters. The van der Waals surface area contributed by atoms with Gasteiger partial charge in [-0.15, -0.1) is 11.3 Å². The summed E-state index contributed by atoms with van der Waals surface area (Å²) in [5.74, 6) is 0.662. The minimum Gasteiger partial charge on any atom is -0.487 e. The Morgan fingerprint density at radius 3 is 2.70 bits per heavy atom. The third-order valence-electron chi connectivity index (χ3n) is 2.71. The van der Waals surface area contributed by atoms with Gasteiger partial charge in [-0.2, -0.15) is 0 Å². The van der Waals surface area contributed by atoms with Crippen molar-refractivity contribution in [3.8, 4) is 5.75 Å². The molecule has 20 heavy (non-hydrogen) atoms. The van der Waals surface area contributed by atoms with E-state index in [1.165, 1.54) is 9.75 Å². The molecule has 2 aromatic rings. The largest absolute Gasteiger partial charge is 0.487 e. The summed E-state index contributed by atoms with van der Waals surface area (Å²) in [5.41, 5.74) is 0. The van der Waals surface area contributed by atoms with Crippen LogP contribution in [0.25, 0.3) is 0 Å². The van der Waals surface area contributed by atoms with Crippen molar-refractivity contribution in [3.63, 3.8) is 0 Å². The summed E-state index contributed by atoms with van der Waals surface area (Å²) in [6.45, 7) is 4.65. The molecule has 1 aromatic heterocycles. The maximum absolute atomic E-state index is 6.07. The maximum Gasteiger partial charge on any atom is 0.138 e. The van der Waals surface area contributed by atoms with Crippen LogP contribution in [0.15, 0.2) is 30.3 Å². The molecule has 0 unspecified atom stereocenters. The lowest BCUT2D eigenvalue weighted by molar-refractivity contribution is 0.310. The SMILES string of the molecule is CCCNCc1ccc(COc2ccc(Cl)cc2Cl)s1. The molecule has 0 amide bonds. The third kappa shape index (κ3) is 4.67. The predicted molar refractivity (Wildman–Crippen MR) is 87.1 cm³/mol. The van der Waals surface area contributed by atoms with Crippen molar-refractivity contribution in [1.29, 1.82) is 0 Å². The molecule has 108 valence electrons. The van der Waals surface area contributed by atoms with Gasteiger partial charge in [0.15, 0.2) is 0 Å². The van der Waals surface area contributed by atoms with Crippen molar-refractivity contribution in [2.45, 2.75) is 26.5 Å². The highest BCUT2D eigenvalue weighted by Crippen LogP contribution is 2.28. The molecule has 0 aliphatic heterocycles. The minimum atomic E-state index is 0.528. The number of ether oxygens (including phenoxy) is 1. The van der Waals surface area contributed by atoms with Gasteiger partial charge in [0.2, 0.25) is 0 Å². The van der Waals surface area contributed by atoms with E-state index in [4.69, 9.17) is 27.9 Å². The van der Waals surface area contributed by atoms with Crippen molar-refractivity contribution >= 4 is 34.5 Å². The van der Waals surface area contributed by atoms with E-state index in [-0.39, 0.29) is 0 Å². The Labute approximate surface area is 133 Å². The van der Waals surface area contributed by atoms with E-state index < -0.39 is 0 Å². The number of hydrogen-bond acceptors (Lipinski definition) is 3. The monoisotopic (exact) mass is 329 g/mol. The van der Waals surface area contributed by atoms with Gasteiger partial charge in [-0.25, -0.2) is 0 Å². The molecule has 0 radical (unpaired) electrons. The summed E-state index contributed by atoms with van der Waals surface area (Å²) in [4.78, 5) is 2.50. The molecule has 0 bridgehead atoms. The molecule has 0 spiro atoms. The Morgan fingerprint density at radius 1 is 1.15 bits per heavy atom. The fourth-order valence-corrected chi connectivity index (χ4v) is 3.09. The lowest BCUT2D eigenvalue weighted by Crippen LogP contribution is -2.12. The van der Waals surface area contributed by atoms with Gasteiger partial charge < -0.3 is 10.1 Å². The van der Waals surface area contributed by atoms with Crippen molar-refractivity contribution in [2.75, 3.05) is 6.54 Å². The Balaban J connectivity index is 1.87. The van der Waals surface area contributed by atoms with Crippen LogP contribution in [-0.2, 0) is 13.2 Å². The van der Waals surface area contributed by atoms with Gasteiger partial charge in [-0.1, -0.05) is 30.1 Å². The highest BCUT2D eigenvalue weighted by Gasteiger charge is 2.05. The first-order valence-electron chi connectivity index (χ1n) is 6.55. The number of hydrogen-bond donors (Lipinski definition) is 1.